The number of aromatic nitrogens is 1. The van der Waals surface area contributed by atoms with Crippen LogP contribution in [0.4, 0.5) is 10.5 Å². The molecule has 1 aromatic carbocycles. The first-order valence-electron chi connectivity index (χ1n) is 8.26. The van der Waals surface area contributed by atoms with Crippen LogP contribution in [-0.2, 0) is 6.42 Å². The fourth-order valence-corrected chi connectivity index (χ4v) is 3.02. The monoisotopic (exact) mass is 336 g/mol. The van der Waals surface area contributed by atoms with Crippen molar-refractivity contribution < 1.29 is 9.90 Å². The van der Waals surface area contributed by atoms with Crippen molar-refractivity contribution in [3.63, 3.8) is 0 Å². The Labute approximate surface area is 146 Å². The molecule has 2 N–H and O–H groups in total. The van der Waals surface area contributed by atoms with Crippen LogP contribution in [0.1, 0.15) is 24.1 Å². The van der Waals surface area contributed by atoms with Crippen molar-refractivity contribution in [1.29, 1.82) is 5.26 Å². The molecule has 0 saturated carbocycles. The summed E-state index contributed by atoms with van der Waals surface area (Å²) < 4.78 is 0. The van der Waals surface area contributed by atoms with E-state index in [1.165, 1.54) is 6.20 Å². The number of carbonyl (C=O) groups excluding carboxylic acids is 1. The second kappa shape index (κ2) is 7.32. The maximum absolute atomic E-state index is 12.3. The molecular weight excluding hydrogens is 316 g/mol. The Kier molecular flexibility index (Phi) is 4.96. The molecule has 1 aliphatic heterocycles. The highest BCUT2D eigenvalue weighted by molar-refractivity contribution is 5.89. The topological polar surface area (TPSA) is 89.2 Å². The summed E-state index contributed by atoms with van der Waals surface area (Å²) in [6.07, 6.45) is 3.15. The zero-order valence-corrected chi connectivity index (χ0v) is 13.9. The number of nitrogens with zero attached hydrogens (tertiary/aromatic N) is 3. The minimum Gasteiger partial charge on any atom is -0.389 e. The minimum absolute atomic E-state index is 0.215. The van der Waals surface area contributed by atoms with Crippen molar-refractivity contribution in [2.24, 2.45) is 0 Å². The average molecular weight is 336 g/mol. The Bertz CT molecular complexity index is 760. The number of nitrogens with one attached hydrogen (secondary N) is 1. The summed E-state index contributed by atoms with van der Waals surface area (Å²) in [5.41, 5.74) is 1.19. The number of likely N-dealkylation sites (tertiary alicyclic amines) is 1. The largest absolute Gasteiger partial charge is 0.389 e. The number of carbonyl (C=O) groups is 1. The summed E-state index contributed by atoms with van der Waals surface area (Å²) in [5, 5.41) is 22.3. The van der Waals surface area contributed by atoms with Gasteiger partial charge in [0.2, 0.25) is 0 Å². The van der Waals surface area contributed by atoms with Crippen LogP contribution in [0.25, 0.3) is 0 Å². The van der Waals surface area contributed by atoms with Gasteiger partial charge in [0.1, 0.15) is 11.8 Å². The molecule has 1 aromatic heterocycles. The van der Waals surface area contributed by atoms with Crippen molar-refractivity contribution >= 4 is 11.7 Å². The maximum atomic E-state index is 12.3. The van der Waals surface area contributed by atoms with E-state index < -0.39 is 5.60 Å². The summed E-state index contributed by atoms with van der Waals surface area (Å²) in [5.74, 6) is 0. The second-order valence-electron chi connectivity index (χ2n) is 6.35. The van der Waals surface area contributed by atoms with Crippen LogP contribution in [0.3, 0.4) is 0 Å². The molecule has 0 aliphatic carbocycles. The number of pyridine rings is 1. The van der Waals surface area contributed by atoms with Crippen molar-refractivity contribution in [2.45, 2.75) is 24.9 Å². The molecule has 2 amide bonds. The van der Waals surface area contributed by atoms with Gasteiger partial charge in [0.15, 0.2) is 0 Å². The van der Waals surface area contributed by atoms with Gasteiger partial charge >= 0.3 is 6.03 Å². The maximum Gasteiger partial charge on any atom is 0.321 e. The molecule has 0 radical (unpaired) electrons. The van der Waals surface area contributed by atoms with Crippen molar-refractivity contribution in [1.82, 2.24) is 9.88 Å². The van der Waals surface area contributed by atoms with Crippen LogP contribution >= 0.6 is 0 Å². The summed E-state index contributed by atoms with van der Waals surface area (Å²) in [6.45, 7) is 0.998. The lowest BCUT2D eigenvalue weighted by Gasteiger charge is -2.38. The normalized spacial score (nSPS) is 16.1. The molecule has 1 saturated heterocycles. The van der Waals surface area contributed by atoms with Gasteiger partial charge in [0.05, 0.1) is 17.5 Å². The number of aliphatic hydroxyl groups is 1. The smallest absolute Gasteiger partial charge is 0.321 e. The first kappa shape index (κ1) is 16.9. The van der Waals surface area contributed by atoms with E-state index in [4.69, 9.17) is 5.26 Å². The lowest BCUT2D eigenvalue weighted by Crippen LogP contribution is -2.49. The van der Waals surface area contributed by atoms with Crippen molar-refractivity contribution in [3.05, 3.63) is 59.9 Å². The molecule has 2 heterocycles. The quantitative estimate of drug-likeness (QED) is 0.901. The molecule has 128 valence electrons. The van der Waals surface area contributed by atoms with Crippen molar-refractivity contribution in [2.75, 3.05) is 18.4 Å². The molecule has 0 spiro atoms. The van der Waals surface area contributed by atoms with Crippen LogP contribution in [0.2, 0.25) is 0 Å². The van der Waals surface area contributed by atoms with E-state index in [2.05, 4.69) is 10.3 Å². The first-order valence-corrected chi connectivity index (χ1v) is 8.26. The highest BCUT2D eigenvalue weighted by Crippen LogP contribution is 2.26. The van der Waals surface area contributed by atoms with Gasteiger partial charge < -0.3 is 15.3 Å². The summed E-state index contributed by atoms with van der Waals surface area (Å²) in [6, 6.07) is 14.8. The first-order chi connectivity index (χ1) is 12.1. The van der Waals surface area contributed by atoms with E-state index in [9.17, 15) is 9.90 Å². The molecule has 0 atom stereocenters. The van der Waals surface area contributed by atoms with Gasteiger partial charge in [-0.25, -0.2) is 9.78 Å². The Morgan fingerprint density at radius 1 is 1.24 bits per heavy atom. The summed E-state index contributed by atoms with van der Waals surface area (Å²) >= 11 is 0. The third-order valence-corrected chi connectivity index (χ3v) is 4.49. The number of benzene rings is 1. The minimum atomic E-state index is -0.770. The zero-order valence-electron chi connectivity index (χ0n) is 13.9. The molecule has 1 aliphatic rings. The Morgan fingerprint density at radius 2 is 1.96 bits per heavy atom. The van der Waals surface area contributed by atoms with Crippen LogP contribution in [0.5, 0.6) is 0 Å². The zero-order chi connectivity index (χ0) is 17.7. The lowest BCUT2D eigenvalue weighted by atomic mass is 9.85. The average Bonchev–Trinajstić information content (AvgIpc) is 2.63. The Morgan fingerprint density at radius 3 is 2.56 bits per heavy atom. The third kappa shape index (κ3) is 4.34. The van der Waals surface area contributed by atoms with E-state index in [-0.39, 0.29) is 6.03 Å². The number of piperidine rings is 1. The number of anilines is 1. The van der Waals surface area contributed by atoms with E-state index in [0.717, 1.165) is 5.56 Å². The molecular formula is C19H20N4O2. The molecule has 2 aromatic rings. The van der Waals surface area contributed by atoms with E-state index in [1.807, 2.05) is 36.4 Å². The molecule has 0 unspecified atom stereocenters. The fourth-order valence-electron chi connectivity index (χ4n) is 3.02. The van der Waals surface area contributed by atoms with Crippen LogP contribution in [0.15, 0.2) is 48.7 Å². The van der Waals surface area contributed by atoms with Gasteiger partial charge in [0, 0.05) is 19.5 Å². The van der Waals surface area contributed by atoms with Gasteiger partial charge in [-0.05, 0) is 30.5 Å². The van der Waals surface area contributed by atoms with Gasteiger partial charge in [-0.2, -0.15) is 5.26 Å². The number of hydrogen-bond donors (Lipinski definition) is 2. The Balaban J connectivity index is 1.54. The number of hydrogen-bond acceptors (Lipinski definition) is 4. The van der Waals surface area contributed by atoms with E-state index >= 15 is 0 Å². The molecule has 25 heavy (non-hydrogen) atoms. The molecule has 0 bridgehead atoms. The van der Waals surface area contributed by atoms with E-state index in [0.29, 0.717) is 43.7 Å². The third-order valence-electron chi connectivity index (χ3n) is 4.49. The number of amides is 2. The predicted octanol–water partition coefficient (Wildman–Crippen LogP) is 2.55. The SMILES string of the molecule is N#Cc1ccc(NC(=O)N2CCC(O)(Cc3ccccc3)CC2)cn1. The highest BCUT2D eigenvalue weighted by atomic mass is 16.3. The fraction of sp³-hybridized carbons (Fsp3) is 0.316. The summed E-state index contributed by atoms with van der Waals surface area (Å²) in [4.78, 5) is 18.0. The number of nitriles is 1. The standard InChI is InChI=1S/C19H20N4O2/c20-13-16-6-7-17(14-21-16)22-18(24)23-10-8-19(25,9-11-23)12-15-4-2-1-3-5-15/h1-7,14,25H,8-12H2,(H,22,24). The van der Waals surface area contributed by atoms with Gasteiger partial charge in [-0.3, -0.25) is 0 Å². The number of rotatable bonds is 3. The van der Waals surface area contributed by atoms with Crippen LogP contribution in [-0.4, -0.2) is 39.7 Å². The van der Waals surface area contributed by atoms with Crippen LogP contribution in [0, 0.1) is 11.3 Å². The lowest BCUT2D eigenvalue weighted by molar-refractivity contribution is -0.0104. The molecule has 3 rings (SSSR count). The van der Waals surface area contributed by atoms with Crippen LogP contribution < -0.4 is 5.32 Å². The van der Waals surface area contributed by atoms with Gasteiger partial charge in [-0.1, -0.05) is 30.3 Å². The molecule has 6 nitrogen and oxygen atoms in total. The summed E-state index contributed by atoms with van der Waals surface area (Å²) in [7, 11) is 0. The Hall–Kier alpha value is -2.91. The molecule has 6 heteroatoms. The molecule has 1 fully saturated rings. The second-order valence-corrected chi connectivity index (χ2v) is 6.35. The van der Waals surface area contributed by atoms with Gasteiger partial charge in [-0.15, -0.1) is 0 Å². The van der Waals surface area contributed by atoms with E-state index in [1.54, 1.807) is 17.0 Å². The van der Waals surface area contributed by atoms with Gasteiger partial charge in [0.25, 0.3) is 0 Å². The predicted molar refractivity (Wildman–Crippen MR) is 93.9 cm³/mol. The van der Waals surface area contributed by atoms with Crippen molar-refractivity contribution in [3.8, 4) is 6.07 Å². The number of urea groups is 1. The highest BCUT2D eigenvalue weighted by Gasteiger charge is 2.34.